The number of urea groups is 1. The van der Waals surface area contributed by atoms with Crippen molar-refractivity contribution < 1.29 is 14.7 Å². The number of rotatable bonds is 3. The third-order valence-electron chi connectivity index (χ3n) is 1.93. The molecule has 1 fully saturated rings. The van der Waals surface area contributed by atoms with Gasteiger partial charge in [0.2, 0.25) is 0 Å². The van der Waals surface area contributed by atoms with E-state index in [1.165, 1.54) is 4.90 Å². The molecule has 1 saturated heterocycles. The highest BCUT2D eigenvalue weighted by Gasteiger charge is 2.35. The van der Waals surface area contributed by atoms with E-state index in [0.717, 1.165) is 0 Å². The van der Waals surface area contributed by atoms with Gasteiger partial charge in [-0.1, -0.05) is 13.8 Å². The zero-order chi connectivity index (χ0) is 10.0. The number of carbonyl (C=O) groups is 2. The van der Waals surface area contributed by atoms with Crippen molar-refractivity contribution in [3.63, 3.8) is 0 Å². The molecule has 0 bridgehead atoms. The highest BCUT2D eigenvalue weighted by molar-refractivity contribution is 5.86. The van der Waals surface area contributed by atoms with Gasteiger partial charge in [-0.2, -0.15) is 0 Å². The summed E-state index contributed by atoms with van der Waals surface area (Å²) >= 11 is 0. The number of nitrogens with zero attached hydrogens (tertiary/aromatic N) is 1. The number of amides is 2. The number of nitrogens with one attached hydrogen (secondary N) is 1. The molecule has 2 amide bonds. The van der Waals surface area contributed by atoms with Crippen molar-refractivity contribution in [3.8, 4) is 0 Å². The van der Waals surface area contributed by atoms with Crippen molar-refractivity contribution in [2.24, 2.45) is 5.92 Å². The molecule has 74 valence electrons. The van der Waals surface area contributed by atoms with Crippen LogP contribution < -0.4 is 5.32 Å². The topological polar surface area (TPSA) is 69.6 Å². The van der Waals surface area contributed by atoms with E-state index >= 15 is 0 Å². The van der Waals surface area contributed by atoms with Crippen LogP contribution in [0.3, 0.4) is 0 Å². The molecule has 0 aromatic rings. The summed E-state index contributed by atoms with van der Waals surface area (Å²) < 4.78 is 0. The van der Waals surface area contributed by atoms with Gasteiger partial charge in [-0.25, -0.2) is 9.59 Å². The molecule has 1 unspecified atom stereocenters. The van der Waals surface area contributed by atoms with Crippen LogP contribution in [0, 0.1) is 5.92 Å². The number of carbonyl (C=O) groups excluding carboxylic acids is 1. The van der Waals surface area contributed by atoms with E-state index in [9.17, 15) is 9.59 Å². The molecule has 0 aromatic carbocycles. The van der Waals surface area contributed by atoms with Crippen LogP contribution in [0.15, 0.2) is 0 Å². The summed E-state index contributed by atoms with van der Waals surface area (Å²) in [6, 6.07) is -0.976. The van der Waals surface area contributed by atoms with Gasteiger partial charge in [-0.3, -0.25) is 0 Å². The van der Waals surface area contributed by atoms with Crippen molar-refractivity contribution in [2.45, 2.75) is 19.9 Å². The molecule has 1 rings (SSSR count). The predicted molar refractivity (Wildman–Crippen MR) is 46.4 cm³/mol. The van der Waals surface area contributed by atoms with E-state index in [4.69, 9.17) is 5.11 Å². The van der Waals surface area contributed by atoms with Crippen LogP contribution in [-0.4, -0.2) is 41.1 Å². The molecule has 5 nitrogen and oxygen atoms in total. The molecular formula is C8H14N2O3. The Morgan fingerprint density at radius 3 is 2.85 bits per heavy atom. The van der Waals surface area contributed by atoms with Crippen LogP contribution >= 0.6 is 0 Å². The van der Waals surface area contributed by atoms with E-state index in [2.05, 4.69) is 5.32 Å². The zero-order valence-electron chi connectivity index (χ0n) is 7.78. The van der Waals surface area contributed by atoms with Crippen LogP contribution in [0.2, 0.25) is 0 Å². The number of aliphatic carboxylic acids is 1. The maximum atomic E-state index is 11.2. The minimum absolute atomic E-state index is 0.209. The average Bonchev–Trinajstić information content (AvgIpc) is 2.32. The van der Waals surface area contributed by atoms with E-state index in [1.54, 1.807) is 0 Å². The fraction of sp³-hybridized carbons (Fsp3) is 0.750. The number of hydrogen-bond donors (Lipinski definition) is 2. The second kappa shape index (κ2) is 3.64. The Hall–Kier alpha value is -1.26. The molecule has 1 aliphatic rings. The van der Waals surface area contributed by atoms with E-state index < -0.39 is 12.0 Å². The maximum absolute atomic E-state index is 11.2. The molecule has 0 aromatic heterocycles. The van der Waals surface area contributed by atoms with Gasteiger partial charge in [0.05, 0.1) is 6.54 Å². The first-order valence-corrected chi connectivity index (χ1v) is 4.29. The third-order valence-corrected chi connectivity index (χ3v) is 1.93. The lowest BCUT2D eigenvalue weighted by molar-refractivity contribution is -0.141. The fourth-order valence-electron chi connectivity index (χ4n) is 1.36. The van der Waals surface area contributed by atoms with Crippen molar-refractivity contribution >= 4 is 12.0 Å². The summed E-state index contributed by atoms with van der Waals surface area (Å²) in [5.41, 5.74) is 0. The molecule has 1 aliphatic heterocycles. The SMILES string of the molecule is CC(C)CN1C(=O)NCC1C(=O)O. The van der Waals surface area contributed by atoms with Gasteiger partial charge in [-0.05, 0) is 5.92 Å². The molecule has 13 heavy (non-hydrogen) atoms. The Morgan fingerprint density at radius 1 is 1.77 bits per heavy atom. The van der Waals surface area contributed by atoms with Gasteiger partial charge in [-0.15, -0.1) is 0 Å². The van der Waals surface area contributed by atoms with Crippen molar-refractivity contribution in [1.29, 1.82) is 0 Å². The van der Waals surface area contributed by atoms with Crippen LogP contribution in [0.4, 0.5) is 4.79 Å². The monoisotopic (exact) mass is 186 g/mol. The summed E-state index contributed by atoms with van der Waals surface area (Å²) in [7, 11) is 0. The highest BCUT2D eigenvalue weighted by atomic mass is 16.4. The average molecular weight is 186 g/mol. The summed E-state index contributed by atoms with van der Waals surface area (Å²) in [5, 5.41) is 11.3. The second-order valence-corrected chi connectivity index (χ2v) is 3.59. The first-order chi connectivity index (χ1) is 6.02. The molecule has 1 atom stereocenters. The lowest BCUT2D eigenvalue weighted by atomic mass is 10.2. The summed E-state index contributed by atoms with van der Waals surface area (Å²) in [6.07, 6.45) is 0. The fourth-order valence-corrected chi connectivity index (χ4v) is 1.36. The van der Waals surface area contributed by atoms with Gasteiger partial charge >= 0.3 is 12.0 Å². The maximum Gasteiger partial charge on any atom is 0.328 e. The molecule has 0 saturated carbocycles. The number of carboxylic acids is 1. The first kappa shape index (κ1) is 9.83. The molecule has 0 spiro atoms. The van der Waals surface area contributed by atoms with Crippen LogP contribution in [0.25, 0.3) is 0 Å². The van der Waals surface area contributed by atoms with E-state index in [0.29, 0.717) is 6.54 Å². The second-order valence-electron chi connectivity index (χ2n) is 3.59. The van der Waals surface area contributed by atoms with E-state index in [1.807, 2.05) is 13.8 Å². The molecule has 0 radical (unpaired) electrons. The first-order valence-electron chi connectivity index (χ1n) is 4.29. The Labute approximate surface area is 76.7 Å². The lowest BCUT2D eigenvalue weighted by Gasteiger charge is -2.21. The molecule has 2 N–H and O–H groups in total. The van der Waals surface area contributed by atoms with Gasteiger partial charge in [0.25, 0.3) is 0 Å². The van der Waals surface area contributed by atoms with Crippen molar-refractivity contribution in [3.05, 3.63) is 0 Å². The summed E-state index contributed by atoms with van der Waals surface area (Å²) in [6.45, 7) is 4.60. The molecule has 1 heterocycles. The molecular weight excluding hydrogens is 172 g/mol. The van der Waals surface area contributed by atoms with Crippen molar-refractivity contribution in [2.75, 3.05) is 13.1 Å². The third kappa shape index (κ3) is 2.11. The van der Waals surface area contributed by atoms with Gasteiger partial charge < -0.3 is 15.3 Å². The van der Waals surface area contributed by atoms with E-state index in [-0.39, 0.29) is 18.5 Å². The smallest absolute Gasteiger partial charge is 0.328 e. The highest BCUT2D eigenvalue weighted by Crippen LogP contribution is 2.10. The normalized spacial score (nSPS) is 22.2. The Balaban J connectivity index is 2.65. The predicted octanol–water partition coefficient (Wildman–Crippen LogP) is 0.121. The largest absolute Gasteiger partial charge is 0.480 e. The lowest BCUT2D eigenvalue weighted by Crippen LogP contribution is -2.41. The van der Waals surface area contributed by atoms with Gasteiger partial charge in [0.15, 0.2) is 0 Å². The standard InChI is InChI=1S/C8H14N2O3/c1-5(2)4-10-6(7(11)12)3-9-8(10)13/h5-6H,3-4H2,1-2H3,(H,9,13)(H,11,12). The zero-order valence-corrected chi connectivity index (χ0v) is 7.78. The van der Waals surface area contributed by atoms with Crippen molar-refractivity contribution in [1.82, 2.24) is 10.2 Å². The minimum Gasteiger partial charge on any atom is -0.480 e. The van der Waals surface area contributed by atoms with Gasteiger partial charge in [0, 0.05) is 6.54 Å². The number of carboxylic acid groups (broad SMARTS) is 1. The summed E-state index contributed by atoms with van der Waals surface area (Å²) in [4.78, 5) is 23.2. The van der Waals surface area contributed by atoms with Gasteiger partial charge in [0.1, 0.15) is 6.04 Å². The minimum atomic E-state index is -0.945. The molecule has 5 heteroatoms. The summed E-state index contributed by atoms with van der Waals surface area (Å²) in [5.74, 6) is -0.662. The molecule has 0 aliphatic carbocycles. The van der Waals surface area contributed by atoms with Crippen LogP contribution in [-0.2, 0) is 4.79 Å². The van der Waals surface area contributed by atoms with Crippen LogP contribution in [0.5, 0.6) is 0 Å². The Kier molecular flexibility index (Phi) is 2.75. The quantitative estimate of drug-likeness (QED) is 0.657. The van der Waals surface area contributed by atoms with Crippen LogP contribution in [0.1, 0.15) is 13.8 Å². The number of hydrogen-bond acceptors (Lipinski definition) is 2. The Bertz CT molecular complexity index is 227. The Morgan fingerprint density at radius 2 is 2.38 bits per heavy atom.